The van der Waals surface area contributed by atoms with Crippen LogP contribution in [0.15, 0.2) is 18.3 Å². The van der Waals surface area contributed by atoms with Crippen molar-refractivity contribution in [2.45, 2.75) is 19.9 Å². The molecular formula is C13H20N4S. The Hall–Kier alpha value is -1.20. The normalized spacial score (nSPS) is 21.0. The van der Waals surface area contributed by atoms with Crippen LogP contribution in [0.3, 0.4) is 0 Å². The zero-order chi connectivity index (χ0) is 13.1. The van der Waals surface area contributed by atoms with E-state index in [0.29, 0.717) is 16.7 Å². The Morgan fingerprint density at radius 2 is 2.28 bits per heavy atom. The predicted molar refractivity (Wildman–Crippen MR) is 79.0 cm³/mol. The second kappa shape index (κ2) is 5.63. The Balaban J connectivity index is 2.06. The molecule has 0 aromatic carbocycles. The third-order valence-electron chi connectivity index (χ3n) is 3.54. The zero-order valence-corrected chi connectivity index (χ0v) is 11.8. The van der Waals surface area contributed by atoms with Crippen molar-refractivity contribution in [1.82, 2.24) is 9.88 Å². The summed E-state index contributed by atoms with van der Waals surface area (Å²) in [4.78, 5) is 9.51. The minimum Gasteiger partial charge on any atom is -0.388 e. The number of hydrogen-bond acceptors (Lipinski definition) is 4. The fourth-order valence-corrected chi connectivity index (χ4v) is 2.54. The second-order valence-electron chi connectivity index (χ2n) is 4.69. The van der Waals surface area contributed by atoms with Gasteiger partial charge in [0.1, 0.15) is 4.99 Å². The highest BCUT2D eigenvalue weighted by molar-refractivity contribution is 7.80. The van der Waals surface area contributed by atoms with Crippen molar-refractivity contribution < 1.29 is 0 Å². The van der Waals surface area contributed by atoms with Gasteiger partial charge in [-0.2, -0.15) is 0 Å². The molecule has 1 fully saturated rings. The van der Waals surface area contributed by atoms with Crippen LogP contribution < -0.4 is 10.6 Å². The van der Waals surface area contributed by atoms with Gasteiger partial charge in [0.05, 0.1) is 17.6 Å². The molecule has 1 aromatic rings. The van der Waals surface area contributed by atoms with Crippen LogP contribution in [-0.4, -0.2) is 47.1 Å². The van der Waals surface area contributed by atoms with Gasteiger partial charge in [-0.1, -0.05) is 19.1 Å². The summed E-state index contributed by atoms with van der Waals surface area (Å²) in [6, 6.07) is 4.53. The van der Waals surface area contributed by atoms with Crippen LogP contribution in [0.5, 0.6) is 0 Å². The summed E-state index contributed by atoms with van der Waals surface area (Å²) in [7, 11) is 0. The molecule has 2 N–H and O–H groups in total. The van der Waals surface area contributed by atoms with E-state index in [9.17, 15) is 0 Å². The Labute approximate surface area is 114 Å². The molecule has 1 aliphatic heterocycles. The van der Waals surface area contributed by atoms with Gasteiger partial charge in [-0.15, -0.1) is 0 Å². The molecule has 0 radical (unpaired) electrons. The average molecular weight is 264 g/mol. The van der Waals surface area contributed by atoms with Crippen molar-refractivity contribution in [3.05, 3.63) is 24.0 Å². The summed E-state index contributed by atoms with van der Waals surface area (Å²) in [6.45, 7) is 8.80. The van der Waals surface area contributed by atoms with Crippen LogP contribution in [0.4, 0.5) is 5.69 Å². The second-order valence-corrected chi connectivity index (χ2v) is 5.13. The Kier molecular flexibility index (Phi) is 4.14. The first-order valence-corrected chi connectivity index (χ1v) is 6.77. The van der Waals surface area contributed by atoms with Gasteiger partial charge in [-0.05, 0) is 25.6 Å². The summed E-state index contributed by atoms with van der Waals surface area (Å²) in [5.74, 6) is 0. The van der Waals surface area contributed by atoms with Crippen molar-refractivity contribution in [1.29, 1.82) is 0 Å². The minimum atomic E-state index is 0.353. The molecule has 5 heteroatoms. The van der Waals surface area contributed by atoms with Gasteiger partial charge in [0.15, 0.2) is 0 Å². The van der Waals surface area contributed by atoms with Crippen molar-refractivity contribution in [3.63, 3.8) is 0 Å². The minimum absolute atomic E-state index is 0.353. The van der Waals surface area contributed by atoms with E-state index in [4.69, 9.17) is 18.0 Å². The molecule has 1 unspecified atom stereocenters. The maximum Gasteiger partial charge on any atom is 0.122 e. The lowest BCUT2D eigenvalue weighted by Crippen LogP contribution is -2.51. The van der Waals surface area contributed by atoms with Gasteiger partial charge < -0.3 is 10.6 Å². The van der Waals surface area contributed by atoms with E-state index < -0.39 is 0 Å². The number of nitrogens with two attached hydrogens (primary N) is 1. The molecule has 0 saturated carbocycles. The number of hydrogen-bond donors (Lipinski definition) is 1. The Morgan fingerprint density at radius 3 is 2.78 bits per heavy atom. The van der Waals surface area contributed by atoms with Gasteiger partial charge in [-0.3, -0.25) is 9.88 Å². The molecule has 18 heavy (non-hydrogen) atoms. The number of aromatic nitrogens is 1. The van der Waals surface area contributed by atoms with E-state index in [0.717, 1.165) is 31.9 Å². The molecule has 0 amide bonds. The van der Waals surface area contributed by atoms with Crippen LogP contribution in [0.25, 0.3) is 0 Å². The number of thiocarbonyl (C=S) groups is 1. The maximum absolute atomic E-state index is 5.55. The van der Waals surface area contributed by atoms with Crippen LogP contribution in [-0.2, 0) is 0 Å². The van der Waals surface area contributed by atoms with Gasteiger partial charge in [-0.25, -0.2) is 0 Å². The van der Waals surface area contributed by atoms with Crippen LogP contribution in [0, 0.1) is 0 Å². The van der Waals surface area contributed by atoms with Crippen molar-refractivity contribution in [2.75, 3.05) is 31.1 Å². The predicted octanol–water partition coefficient (Wildman–Crippen LogP) is 1.25. The Bertz CT molecular complexity index is 418. The molecule has 1 saturated heterocycles. The van der Waals surface area contributed by atoms with E-state index in [1.165, 1.54) is 0 Å². The first-order chi connectivity index (χ1) is 8.61. The summed E-state index contributed by atoms with van der Waals surface area (Å²) in [5.41, 5.74) is 7.39. The number of pyridine rings is 1. The van der Waals surface area contributed by atoms with Crippen molar-refractivity contribution >= 4 is 22.9 Å². The quantitative estimate of drug-likeness (QED) is 0.832. The lowest BCUT2D eigenvalue weighted by molar-refractivity contribution is 0.199. The van der Waals surface area contributed by atoms with Gasteiger partial charge >= 0.3 is 0 Å². The monoisotopic (exact) mass is 264 g/mol. The summed E-state index contributed by atoms with van der Waals surface area (Å²) in [6.07, 6.45) is 1.86. The largest absolute Gasteiger partial charge is 0.388 e. The fourth-order valence-electron chi connectivity index (χ4n) is 2.42. The first-order valence-electron chi connectivity index (χ1n) is 6.36. The third-order valence-corrected chi connectivity index (χ3v) is 3.75. The summed E-state index contributed by atoms with van der Waals surface area (Å²) in [5, 5.41) is 0. The highest BCUT2D eigenvalue weighted by Crippen LogP contribution is 2.18. The van der Waals surface area contributed by atoms with Gasteiger partial charge in [0.25, 0.3) is 0 Å². The Morgan fingerprint density at radius 1 is 1.50 bits per heavy atom. The fraction of sp³-hybridized carbons (Fsp3) is 0.538. The molecule has 0 bridgehead atoms. The topological polar surface area (TPSA) is 45.4 Å². The molecule has 1 aliphatic rings. The van der Waals surface area contributed by atoms with Crippen molar-refractivity contribution in [3.8, 4) is 0 Å². The number of piperazine rings is 1. The number of likely N-dealkylation sites (N-methyl/N-ethyl adjacent to an activating group) is 1. The number of rotatable bonds is 3. The molecule has 1 atom stereocenters. The van der Waals surface area contributed by atoms with E-state index in [1.807, 2.05) is 12.3 Å². The SMILES string of the molecule is CCN1CCN(c2ccc(C(N)=S)nc2)CC1C. The van der Waals surface area contributed by atoms with Crippen molar-refractivity contribution in [2.24, 2.45) is 5.73 Å². The van der Waals surface area contributed by atoms with E-state index in [1.54, 1.807) is 0 Å². The number of nitrogens with zero attached hydrogens (tertiary/aromatic N) is 3. The molecule has 98 valence electrons. The molecule has 1 aromatic heterocycles. The van der Waals surface area contributed by atoms with Crippen LogP contribution >= 0.6 is 12.2 Å². The molecule has 4 nitrogen and oxygen atoms in total. The average Bonchev–Trinajstić information content (AvgIpc) is 2.38. The van der Waals surface area contributed by atoms with E-state index >= 15 is 0 Å². The highest BCUT2D eigenvalue weighted by atomic mass is 32.1. The molecule has 2 rings (SSSR count). The lowest BCUT2D eigenvalue weighted by atomic mass is 10.1. The van der Waals surface area contributed by atoms with Gasteiger partial charge in [0, 0.05) is 25.7 Å². The van der Waals surface area contributed by atoms with Crippen LogP contribution in [0.2, 0.25) is 0 Å². The summed E-state index contributed by atoms with van der Waals surface area (Å²) < 4.78 is 0. The summed E-state index contributed by atoms with van der Waals surface area (Å²) >= 11 is 4.91. The molecular weight excluding hydrogens is 244 g/mol. The lowest BCUT2D eigenvalue weighted by Gasteiger charge is -2.40. The molecule has 0 spiro atoms. The third kappa shape index (κ3) is 2.79. The number of anilines is 1. The zero-order valence-electron chi connectivity index (χ0n) is 11.0. The van der Waals surface area contributed by atoms with E-state index in [2.05, 4.69) is 34.7 Å². The first kappa shape index (κ1) is 13.2. The highest BCUT2D eigenvalue weighted by Gasteiger charge is 2.22. The van der Waals surface area contributed by atoms with Crippen LogP contribution in [0.1, 0.15) is 19.5 Å². The standard InChI is InChI=1S/C13H20N4S/c1-3-16-6-7-17(9-10(16)2)11-4-5-12(13(14)18)15-8-11/h4-5,8,10H,3,6-7,9H2,1-2H3,(H2,14,18). The maximum atomic E-state index is 5.55. The molecule has 0 aliphatic carbocycles. The molecule has 2 heterocycles. The smallest absolute Gasteiger partial charge is 0.122 e. The van der Waals surface area contributed by atoms with E-state index in [-0.39, 0.29) is 0 Å². The van der Waals surface area contributed by atoms with Gasteiger partial charge in [0.2, 0.25) is 0 Å².